The first-order valence-corrected chi connectivity index (χ1v) is 33.0. The summed E-state index contributed by atoms with van der Waals surface area (Å²) in [6.45, 7) is 6.73. The third-order valence-electron chi connectivity index (χ3n) is 13.1. The lowest BCUT2D eigenvalue weighted by Crippen LogP contribution is -2.47. The van der Waals surface area contributed by atoms with Gasteiger partial charge in [-0.15, -0.1) is 0 Å². The average molecular weight is 1120 g/mol. The molecule has 1 amide bonds. The maximum atomic E-state index is 13.6. The van der Waals surface area contributed by atoms with Crippen molar-refractivity contribution in [1.29, 1.82) is 0 Å². The monoisotopic (exact) mass is 1120 g/mol. The first-order valence-electron chi connectivity index (χ1n) is 31.5. The molecule has 0 heterocycles. The van der Waals surface area contributed by atoms with Crippen LogP contribution in [0.3, 0.4) is 0 Å². The van der Waals surface area contributed by atoms with Crippen LogP contribution in [0, 0.1) is 0 Å². The fourth-order valence-electron chi connectivity index (χ4n) is 8.29. The number of likely N-dealkylation sites (N-methyl/N-ethyl adjacent to an activating group) is 1. The number of amides is 1. The van der Waals surface area contributed by atoms with Crippen LogP contribution in [0.2, 0.25) is 0 Å². The number of ether oxygens (including phenoxy) is 1. The summed E-state index contributed by atoms with van der Waals surface area (Å²) < 4.78 is 30.7. The van der Waals surface area contributed by atoms with Gasteiger partial charge in [-0.05, 0) is 122 Å². The van der Waals surface area contributed by atoms with E-state index in [4.69, 9.17) is 13.8 Å². The quantitative estimate of drug-likeness (QED) is 0.0205. The van der Waals surface area contributed by atoms with Crippen LogP contribution in [0.25, 0.3) is 0 Å². The predicted molar refractivity (Wildman–Crippen MR) is 341 cm³/mol. The molecule has 3 unspecified atom stereocenters. The molecule has 0 aromatic carbocycles. The van der Waals surface area contributed by atoms with Crippen LogP contribution >= 0.6 is 7.82 Å². The highest BCUT2D eigenvalue weighted by Crippen LogP contribution is 2.43. The van der Waals surface area contributed by atoms with Crippen LogP contribution in [0.1, 0.15) is 239 Å². The Morgan fingerprint density at radius 1 is 0.456 bits per heavy atom. The van der Waals surface area contributed by atoms with Gasteiger partial charge in [0, 0.05) is 12.8 Å². The minimum Gasteiger partial charge on any atom is -0.456 e. The molecule has 0 aromatic heterocycles. The number of carbonyl (C=O) groups excluding carboxylic acids is 2. The minimum atomic E-state index is -4.47. The van der Waals surface area contributed by atoms with E-state index >= 15 is 0 Å². The molecule has 3 atom stereocenters. The molecule has 0 fully saturated rings. The summed E-state index contributed by atoms with van der Waals surface area (Å²) in [7, 11) is 1.44. The van der Waals surface area contributed by atoms with Crippen molar-refractivity contribution in [1.82, 2.24) is 5.32 Å². The minimum absolute atomic E-state index is 0.0228. The molecule has 0 saturated heterocycles. The lowest BCUT2D eigenvalue weighted by atomic mass is 10.0. The van der Waals surface area contributed by atoms with Crippen LogP contribution in [0.5, 0.6) is 0 Å². The number of hydrogen-bond donors (Lipinski definition) is 2. The Morgan fingerprint density at radius 2 is 0.810 bits per heavy atom. The smallest absolute Gasteiger partial charge is 0.456 e. The number of nitrogens with zero attached hydrogens (tertiary/aromatic N) is 1. The molecule has 0 aliphatic rings. The number of rotatable bonds is 55. The Morgan fingerprint density at radius 3 is 1.23 bits per heavy atom. The van der Waals surface area contributed by atoms with E-state index < -0.39 is 20.0 Å². The lowest BCUT2D eigenvalue weighted by molar-refractivity contribution is -0.870. The fourth-order valence-corrected chi connectivity index (χ4v) is 9.02. The number of esters is 1. The van der Waals surface area contributed by atoms with Gasteiger partial charge in [-0.1, -0.05) is 238 Å². The zero-order valence-electron chi connectivity index (χ0n) is 51.3. The maximum absolute atomic E-state index is 13.6. The van der Waals surface area contributed by atoms with E-state index in [1.165, 1.54) is 57.8 Å². The number of carbonyl (C=O) groups is 2. The van der Waals surface area contributed by atoms with Crippen molar-refractivity contribution in [2.45, 2.75) is 251 Å². The van der Waals surface area contributed by atoms with Crippen molar-refractivity contribution in [2.24, 2.45) is 0 Å². The van der Waals surface area contributed by atoms with Crippen LogP contribution in [0.15, 0.2) is 134 Å². The van der Waals surface area contributed by atoms with Gasteiger partial charge in [-0.3, -0.25) is 18.6 Å². The van der Waals surface area contributed by atoms with Crippen molar-refractivity contribution >= 4 is 19.7 Å². The summed E-state index contributed by atoms with van der Waals surface area (Å²) in [4.78, 5) is 37.8. The molecule has 0 spiro atoms. The molecule has 2 N–H and O–H groups in total. The normalized spacial score (nSPS) is 14.6. The van der Waals surface area contributed by atoms with E-state index in [0.29, 0.717) is 30.3 Å². The molecule has 79 heavy (non-hydrogen) atoms. The van der Waals surface area contributed by atoms with Gasteiger partial charge in [0.2, 0.25) is 5.91 Å². The number of unbranched alkanes of at least 4 members (excludes halogenated alkanes) is 19. The van der Waals surface area contributed by atoms with Crippen LogP contribution < -0.4 is 5.32 Å². The van der Waals surface area contributed by atoms with E-state index in [1.807, 2.05) is 33.3 Å². The summed E-state index contributed by atoms with van der Waals surface area (Å²) in [5.74, 6) is -0.574. The van der Waals surface area contributed by atoms with Crippen molar-refractivity contribution in [2.75, 3.05) is 40.9 Å². The highest BCUT2D eigenvalue weighted by Gasteiger charge is 2.30. The molecule has 0 radical (unpaired) electrons. The second-order valence-electron chi connectivity index (χ2n) is 21.8. The van der Waals surface area contributed by atoms with E-state index in [0.717, 1.165) is 135 Å². The number of quaternary nitrogens is 1. The summed E-state index contributed by atoms with van der Waals surface area (Å²) in [6.07, 6.45) is 81.6. The third-order valence-corrected chi connectivity index (χ3v) is 14.1. The Hall–Kier alpha value is -3.85. The number of allylic oxidation sites excluding steroid dienone is 21. The second-order valence-corrected chi connectivity index (χ2v) is 23.3. The van der Waals surface area contributed by atoms with Crippen molar-refractivity contribution in [3.8, 4) is 0 Å². The second kappa shape index (κ2) is 57.4. The standard InChI is InChI=1S/C69H117N2O7P/c1-7-10-13-16-19-22-25-28-30-32-34-35-37-38-40-43-46-49-52-55-58-61-68(72)70-66(65-77-79(74,75)76-64-63-71(4,5)6)67(60-57-54-51-48-45-42-27-24-21-18-15-12-9-3)78-69(73)62-59-56-53-50-47-44-41-39-36-33-31-29-26-23-20-17-14-11-8-2/h10-11,13-14,19-20,22-23,28-31,34-36,38-40,44,47,57,60,66-67H,7-9,12,15-18,21,24-27,32-33,37,41-43,45-46,48-56,58-59,61-65H2,1-6H3,(H-,70,72,74,75)/p+1/b13-10-,14-11-,22-19-,23-20-,30-28-,31-29-,35-34-,39-36-,40-38-,47-44-,60-57+. The van der Waals surface area contributed by atoms with Crippen LogP contribution in [-0.2, 0) is 27.9 Å². The molecule has 0 aliphatic carbocycles. The van der Waals surface area contributed by atoms with E-state index in [1.54, 1.807) is 0 Å². The van der Waals surface area contributed by atoms with Gasteiger partial charge in [0.05, 0.1) is 33.8 Å². The molecule has 0 aliphatic heterocycles. The zero-order chi connectivity index (χ0) is 57.9. The van der Waals surface area contributed by atoms with Gasteiger partial charge in [-0.25, -0.2) is 4.57 Å². The lowest BCUT2D eigenvalue weighted by Gasteiger charge is -2.27. The molecule has 10 heteroatoms. The summed E-state index contributed by atoms with van der Waals surface area (Å²) >= 11 is 0. The number of hydrogen-bond acceptors (Lipinski definition) is 6. The van der Waals surface area contributed by atoms with Crippen LogP contribution in [0.4, 0.5) is 0 Å². The molecule has 0 rings (SSSR count). The first-order chi connectivity index (χ1) is 38.4. The first kappa shape index (κ1) is 75.2. The third kappa shape index (κ3) is 58.6. The van der Waals surface area contributed by atoms with Gasteiger partial charge in [-0.2, -0.15) is 0 Å². The Labute approximate surface area is 485 Å². The molecule has 9 nitrogen and oxygen atoms in total. The Bertz CT molecular complexity index is 1810. The Kier molecular flexibility index (Phi) is 54.6. The molecular weight excluding hydrogens is 1000 g/mol. The summed E-state index contributed by atoms with van der Waals surface area (Å²) in [5, 5.41) is 3.04. The SMILES string of the molecule is CC/C=C\C/C=C\C/C=C\C/C=C\C/C=C\CCCCCCCC(=O)NC(COP(=O)(O)OCC[N+](C)(C)C)C(/C=C/CCCCCCCCCCCCC)OC(=O)CCCCC/C=C\C/C=C\C/C=C\C/C=C\C/C=C\CC. The van der Waals surface area contributed by atoms with Crippen molar-refractivity contribution < 1.29 is 37.3 Å². The molecule has 450 valence electrons. The molecule has 0 aromatic rings. The van der Waals surface area contributed by atoms with Crippen molar-refractivity contribution in [3.63, 3.8) is 0 Å². The summed E-state index contributed by atoms with van der Waals surface area (Å²) in [6, 6.07) is -0.883. The van der Waals surface area contributed by atoms with Gasteiger partial charge in [0.15, 0.2) is 0 Å². The largest absolute Gasteiger partial charge is 0.472 e. The maximum Gasteiger partial charge on any atom is 0.472 e. The Balaban J connectivity index is 5.39. The van der Waals surface area contributed by atoms with Gasteiger partial charge >= 0.3 is 13.8 Å². The topological polar surface area (TPSA) is 111 Å². The number of phosphoric acid groups is 1. The average Bonchev–Trinajstić information content (AvgIpc) is 3.41. The molecular formula is C69H118N2O7P+. The van der Waals surface area contributed by atoms with Crippen molar-refractivity contribution in [3.05, 3.63) is 134 Å². The highest BCUT2D eigenvalue weighted by atomic mass is 31.2. The zero-order valence-corrected chi connectivity index (χ0v) is 52.2. The fraction of sp³-hybridized carbons (Fsp3) is 0.652. The van der Waals surface area contributed by atoms with Gasteiger partial charge in [0.1, 0.15) is 19.3 Å². The van der Waals surface area contributed by atoms with E-state index in [9.17, 15) is 19.0 Å². The van der Waals surface area contributed by atoms with Gasteiger partial charge < -0.3 is 19.4 Å². The van der Waals surface area contributed by atoms with Gasteiger partial charge in [0.25, 0.3) is 0 Å². The highest BCUT2D eigenvalue weighted by molar-refractivity contribution is 7.47. The number of phosphoric ester groups is 1. The molecule has 0 saturated carbocycles. The molecule has 0 bridgehead atoms. The summed E-state index contributed by atoms with van der Waals surface area (Å²) in [5.41, 5.74) is 0. The van der Waals surface area contributed by atoms with Crippen LogP contribution in [-0.4, -0.2) is 74.3 Å². The number of nitrogens with one attached hydrogen (secondary N) is 1. The predicted octanol–water partition coefficient (Wildman–Crippen LogP) is 19.7. The van der Waals surface area contributed by atoms with E-state index in [-0.39, 0.29) is 31.5 Å². The van der Waals surface area contributed by atoms with E-state index in [2.05, 4.69) is 148 Å².